The van der Waals surface area contributed by atoms with E-state index in [0.29, 0.717) is 0 Å². The standard InChI is InChI=1S/C7H12N2O3/c1-4(10)7(8-5(2)11)9-6(3)12/h4,7,10H,1-3H3. The van der Waals surface area contributed by atoms with Crippen LogP contribution in [-0.4, -0.2) is 29.2 Å². The van der Waals surface area contributed by atoms with Crippen molar-refractivity contribution in [1.29, 1.82) is 0 Å². The lowest BCUT2D eigenvalue weighted by molar-refractivity contribution is -0.124. The molecule has 0 saturated heterocycles. The van der Waals surface area contributed by atoms with Gasteiger partial charge in [0.15, 0.2) is 6.17 Å². The molecular weight excluding hydrogens is 160 g/mol. The van der Waals surface area contributed by atoms with E-state index in [1.165, 1.54) is 20.8 Å². The van der Waals surface area contributed by atoms with E-state index in [4.69, 9.17) is 5.11 Å². The number of carbonyl (C=O) groups is 2. The zero-order chi connectivity index (χ0) is 9.72. The van der Waals surface area contributed by atoms with Crippen molar-refractivity contribution < 1.29 is 14.7 Å². The minimum absolute atomic E-state index is 0.453. The molecule has 0 saturated carbocycles. The van der Waals surface area contributed by atoms with Gasteiger partial charge in [-0.2, -0.15) is 0 Å². The summed E-state index contributed by atoms with van der Waals surface area (Å²) >= 11 is 0. The second kappa shape index (κ2) is 4.71. The van der Waals surface area contributed by atoms with Crippen LogP contribution in [0.15, 0.2) is 0 Å². The molecule has 0 aromatic heterocycles. The number of amides is 2. The highest BCUT2D eigenvalue weighted by molar-refractivity contribution is 5.76. The van der Waals surface area contributed by atoms with Crippen LogP contribution in [0.2, 0.25) is 0 Å². The van der Waals surface area contributed by atoms with Crippen molar-refractivity contribution in [2.45, 2.75) is 33.0 Å². The molecule has 0 aliphatic rings. The van der Waals surface area contributed by atoms with Crippen LogP contribution in [0, 0.1) is 0 Å². The van der Waals surface area contributed by atoms with E-state index in [1.807, 2.05) is 0 Å². The summed E-state index contributed by atoms with van der Waals surface area (Å²) in [4.78, 5) is 21.0. The maximum absolute atomic E-state index is 10.5. The van der Waals surface area contributed by atoms with Gasteiger partial charge in [0.2, 0.25) is 11.8 Å². The van der Waals surface area contributed by atoms with E-state index in [0.717, 1.165) is 0 Å². The minimum Gasteiger partial charge on any atom is -0.389 e. The Kier molecular flexibility index (Phi) is 4.28. The molecule has 0 aromatic rings. The molecule has 0 fully saturated rings. The molecule has 0 aliphatic heterocycles. The van der Waals surface area contributed by atoms with Crippen LogP contribution in [0.3, 0.4) is 0 Å². The molecule has 12 heavy (non-hydrogen) atoms. The molecule has 0 heterocycles. The summed E-state index contributed by atoms with van der Waals surface area (Å²) in [6.07, 6.45) is -1.88. The molecule has 2 radical (unpaired) electrons. The molecule has 5 nitrogen and oxygen atoms in total. The quantitative estimate of drug-likeness (QED) is 0.592. The predicted octanol–water partition coefficient (Wildman–Crippen LogP) is -1.00. The monoisotopic (exact) mass is 172 g/mol. The van der Waals surface area contributed by atoms with Gasteiger partial charge >= 0.3 is 0 Å². The first-order valence-electron chi connectivity index (χ1n) is 3.54. The highest BCUT2D eigenvalue weighted by Gasteiger charge is 2.20. The van der Waals surface area contributed by atoms with Gasteiger partial charge in [-0.05, 0) is 6.92 Å². The topological polar surface area (TPSA) is 82.6 Å². The molecule has 1 unspecified atom stereocenters. The first-order chi connectivity index (χ1) is 5.43. The molecule has 5 heteroatoms. The predicted molar refractivity (Wildman–Crippen MR) is 41.1 cm³/mol. The summed E-state index contributed by atoms with van der Waals surface area (Å²) in [5.41, 5.74) is 0. The normalized spacial score (nSPS) is 12.4. The fourth-order valence-electron chi connectivity index (χ4n) is 0.617. The van der Waals surface area contributed by atoms with Crippen molar-refractivity contribution in [3.05, 3.63) is 0 Å². The maximum atomic E-state index is 10.5. The Morgan fingerprint density at radius 1 is 1.17 bits per heavy atom. The average Bonchev–Trinajstić information content (AvgIpc) is 1.83. The van der Waals surface area contributed by atoms with E-state index >= 15 is 0 Å². The Balaban J connectivity index is 4.04. The van der Waals surface area contributed by atoms with Gasteiger partial charge in [-0.25, -0.2) is 10.6 Å². The summed E-state index contributed by atoms with van der Waals surface area (Å²) in [5.74, 6) is -0.906. The van der Waals surface area contributed by atoms with Crippen LogP contribution >= 0.6 is 0 Å². The van der Waals surface area contributed by atoms with E-state index in [-0.39, 0.29) is 0 Å². The molecule has 0 bridgehead atoms. The van der Waals surface area contributed by atoms with Gasteiger partial charge in [0, 0.05) is 13.8 Å². The number of nitrogens with zero attached hydrogens (tertiary/aromatic N) is 2. The minimum atomic E-state index is -0.958. The number of carbonyl (C=O) groups excluding carboxylic acids is 2. The molecule has 0 aliphatic carbocycles. The van der Waals surface area contributed by atoms with Crippen LogP contribution in [0.4, 0.5) is 0 Å². The van der Waals surface area contributed by atoms with Crippen LogP contribution in [0.25, 0.3) is 0 Å². The lowest BCUT2D eigenvalue weighted by Gasteiger charge is -2.15. The number of hydrogen-bond acceptors (Lipinski definition) is 3. The highest BCUT2D eigenvalue weighted by Crippen LogP contribution is 1.92. The Morgan fingerprint density at radius 2 is 1.50 bits per heavy atom. The number of aliphatic hydroxyl groups excluding tert-OH is 1. The third-order valence-corrected chi connectivity index (χ3v) is 1.06. The molecule has 0 aromatic carbocycles. The van der Waals surface area contributed by atoms with Gasteiger partial charge in [0.25, 0.3) is 0 Å². The van der Waals surface area contributed by atoms with Gasteiger partial charge < -0.3 is 5.11 Å². The van der Waals surface area contributed by atoms with E-state index in [2.05, 4.69) is 10.6 Å². The third kappa shape index (κ3) is 4.68. The second-order valence-electron chi connectivity index (χ2n) is 2.45. The van der Waals surface area contributed by atoms with E-state index in [9.17, 15) is 9.59 Å². The Morgan fingerprint density at radius 3 is 1.67 bits per heavy atom. The van der Waals surface area contributed by atoms with Gasteiger partial charge in [0.05, 0.1) is 6.10 Å². The fraction of sp³-hybridized carbons (Fsp3) is 0.714. The average molecular weight is 172 g/mol. The highest BCUT2D eigenvalue weighted by atomic mass is 16.3. The second-order valence-corrected chi connectivity index (χ2v) is 2.45. The molecule has 0 rings (SSSR count). The van der Waals surface area contributed by atoms with Crippen molar-refractivity contribution in [3.63, 3.8) is 0 Å². The van der Waals surface area contributed by atoms with E-state index < -0.39 is 24.1 Å². The molecule has 1 N–H and O–H groups in total. The molecule has 1 atom stereocenters. The summed E-state index contributed by atoms with van der Waals surface area (Å²) in [6, 6.07) is 0. The first-order valence-corrected chi connectivity index (χ1v) is 3.54. The van der Waals surface area contributed by atoms with Gasteiger partial charge in [-0.15, -0.1) is 0 Å². The summed E-state index contributed by atoms with van der Waals surface area (Å²) in [7, 11) is 0. The Labute approximate surface area is 71.1 Å². The molecule has 68 valence electrons. The fourth-order valence-corrected chi connectivity index (χ4v) is 0.617. The zero-order valence-electron chi connectivity index (χ0n) is 7.31. The summed E-state index contributed by atoms with van der Waals surface area (Å²) in [5, 5.41) is 15.9. The van der Waals surface area contributed by atoms with Gasteiger partial charge in [0.1, 0.15) is 0 Å². The van der Waals surface area contributed by atoms with Crippen molar-refractivity contribution >= 4 is 11.8 Å². The molecular formula is C7H12N2O3. The number of rotatable bonds is 3. The summed E-state index contributed by atoms with van der Waals surface area (Å²) < 4.78 is 0. The smallest absolute Gasteiger partial charge is 0.240 e. The Bertz CT molecular complexity index is 163. The third-order valence-electron chi connectivity index (χ3n) is 1.06. The van der Waals surface area contributed by atoms with Crippen molar-refractivity contribution in [3.8, 4) is 0 Å². The number of hydrogen-bond donors (Lipinski definition) is 1. The van der Waals surface area contributed by atoms with Crippen molar-refractivity contribution in [2.24, 2.45) is 0 Å². The molecule has 0 spiro atoms. The Hall–Kier alpha value is -1.10. The largest absolute Gasteiger partial charge is 0.389 e. The maximum Gasteiger partial charge on any atom is 0.240 e. The summed E-state index contributed by atoms with van der Waals surface area (Å²) in [6.45, 7) is 3.90. The first kappa shape index (κ1) is 10.9. The van der Waals surface area contributed by atoms with Gasteiger partial charge in [-0.1, -0.05) is 0 Å². The number of aliphatic hydroxyl groups is 1. The van der Waals surface area contributed by atoms with Crippen LogP contribution < -0.4 is 10.6 Å². The van der Waals surface area contributed by atoms with Gasteiger partial charge in [-0.3, -0.25) is 9.59 Å². The van der Waals surface area contributed by atoms with Crippen LogP contribution in [-0.2, 0) is 9.59 Å². The van der Waals surface area contributed by atoms with Crippen molar-refractivity contribution in [2.75, 3.05) is 0 Å². The lowest BCUT2D eigenvalue weighted by Crippen LogP contribution is -2.44. The molecule has 2 amide bonds. The van der Waals surface area contributed by atoms with Crippen molar-refractivity contribution in [1.82, 2.24) is 10.6 Å². The van der Waals surface area contributed by atoms with E-state index in [1.54, 1.807) is 0 Å². The van der Waals surface area contributed by atoms with Crippen LogP contribution in [0.1, 0.15) is 20.8 Å². The zero-order valence-corrected chi connectivity index (χ0v) is 7.31. The van der Waals surface area contributed by atoms with Crippen LogP contribution in [0.5, 0.6) is 0 Å². The SMILES string of the molecule is CC(=O)[N]C([N]C(C)=O)C(C)O. The lowest BCUT2D eigenvalue weighted by atomic mass is 10.3.